The van der Waals surface area contributed by atoms with E-state index in [0.29, 0.717) is 0 Å². The van der Waals surface area contributed by atoms with Crippen molar-refractivity contribution in [3.05, 3.63) is 30.3 Å². The Balaban J connectivity index is 2.90. The van der Waals surface area contributed by atoms with Crippen molar-refractivity contribution in [1.82, 2.24) is 0 Å². The first-order valence-electron chi connectivity index (χ1n) is 2.94. The minimum absolute atomic E-state index is 0.197. The molecular weight excluding hydrogens is 204 g/mol. The van der Waals surface area contributed by atoms with Crippen LogP contribution in [0.4, 0.5) is 0 Å². The average molecular weight is 209 g/mol. The molecule has 4 nitrogen and oxygen atoms in total. The molecule has 0 N–H and O–H groups in total. The number of halogens is 1. The molecule has 0 radical (unpaired) electrons. The molecule has 66 valence electrons. The molecule has 1 aromatic carbocycles. The average Bonchev–Trinajstić information content (AvgIpc) is 2.06. The highest BCUT2D eigenvalue weighted by molar-refractivity contribution is 8.19. The maximum atomic E-state index is 11.2. The van der Waals surface area contributed by atoms with Crippen LogP contribution in [0.15, 0.2) is 35.2 Å². The third-order valence-electron chi connectivity index (χ3n) is 1.14. The van der Waals surface area contributed by atoms with E-state index >= 15 is 0 Å². The zero-order valence-electron chi connectivity index (χ0n) is 5.81. The van der Waals surface area contributed by atoms with Crippen molar-refractivity contribution >= 4 is 20.1 Å². The Labute approximate surface area is 74.7 Å². The van der Waals surface area contributed by atoms with Gasteiger partial charge in [-0.15, -0.1) is 0 Å². The second-order valence-electron chi connectivity index (χ2n) is 1.89. The van der Waals surface area contributed by atoms with Gasteiger partial charge < -0.3 is 5.26 Å². The third-order valence-corrected chi connectivity index (χ3v) is 2.89. The molecule has 1 atom stereocenters. The molecule has 0 amide bonds. The van der Waals surface area contributed by atoms with E-state index in [4.69, 9.17) is 10.7 Å². The predicted molar refractivity (Wildman–Crippen MR) is 40.8 cm³/mol. The van der Waals surface area contributed by atoms with Crippen LogP contribution in [-0.4, -0.2) is 0 Å². The van der Waals surface area contributed by atoms with E-state index in [0.717, 1.165) is 0 Å². The highest BCUT2D eigenvalue weighted by Crippen LogP contribution is 2.24. The maximum absolute atomic E-state index is 11.2. The fourth-order valence-electron chi connectivity index (χ4n) is 0.658. The predicted octanol–water partition coefficient (Wildman–Crippen LogP) is 0.837. The molecule has 0 saturated heterocycles. The highest BCUT2D eigenvalue weighted by Gasteiger charge is 2.32. The Morgan fingerprint density at radius 1 is 1.33 bits per heavy atom. The highest BCUT2D eigenvalue weighted by atomic mass is 35.7. The lowest BCUT2D eigenvalue weighted by Crippen LogP contribution is -2.14. The molecule has 0 saturated carbocycles. The van der Waals surface area contributed by atoms with Crippen LogP contribution in [0.5, 0.6) is 0 Å². The topological polar surface area (TPSA) is 58.6 Å². The lowest BCUT2D eigenvalue weighted by Gasteiger charge is -2.02. The Morgan fingerprint density at radius 3 is 2.42 bits per heavy atom. The van der Waals surface area contributed by atoms with Crippen LogP contribution >= 0.6 is 10.7 Å². The standard InChI is InChI=1S/C6H5ClO4S/c7-12(9,11-10-8)6-4-2-1-3-5-6/h1-5H. The summed E-state index contributed by atoms with van der Waals surface area (Å²) in [6.45, 7) is 0. The summed E-state index contributed by atoms with van der Waals surface area (Å²) in [5.41, 5.74) is 0. The summed E-state index contributed by atoms with van der Waals surface area (Å²) in [6, 6.07) is 7.88. The van der Waals surface area contributed by atoms with Gasteiger partial charge in [0.25, 0.3) is 0 Å². The SMILES string of the molecule is O=[S+](Cl)(OO[O-])c1ccccc1. The quantitative estimate of drug-likeness (QED) is 0.320. The van der Waals surface area contributed by atoms with Crippen molar-refractivity contribution in [2.45, 2.75) is 4.90 Å². The van der Waals surface area contributed by atoms with Crippen molar-refractivity contribution in [2.24, 2.45) is 0 Å². The first-order chi connectivity index (χ1) is 5.67. The number of hydrogen-bond acceptors (Lipinski definition) is 4. The summed E-state index contributed by atoms with van der Waals surface area (Å²) in [5.74, 6) is 0. The second-order valence-corrected chi connectivity index (χ2v) is 4.59. The van der Waals surface area contributed by atoms with E-state index in [1.54, 1.807) is 18.2 Å². The van der Waals surface area contributed by atoms with Crippen LogP contribution in [0.3, 0.4) is 0 Å². The van der Waals surface area contributed by atoms with Crippen molar-refractivity contribution in [2.75, 3.05) is 0 Å². The zero-order valence-corrected chi connectivity index (χ0v) is 7.38. The first-order valence-corrected chi connectivity index (χ1v) is 5.25. The summed E-state index contributed by atoms with van der Waals surface area (Å²) in [6.07, 6.45) is 0. The molecule has 1 rings (SSSR count). The monoisotopic (exact) mass is 208 g/mol. The Bertz CT molecular complexity index is 289. The lowest BCUT2D eigenvalue weighted by atomic mass is 10.4. The van der Waals surface area contributed by atoms with Crippen molar-refractivity contribution in [3.8, 4) is 0 Å². The van der Waals surface area contributed by atoms with Crippen LogP contribution in [-0.2, 0) is 23.0 Å². The van der Waals surface area contributed by atoms with Crippen LogP contribution in [0.1, 0.15) is 0 Å². The number of hydrogen-bond donors (Lipinski definition) is 0. The summed E-state index contributed by atoms with van der Waals surface area (Å²) in [4.78, 5) is 0.197. The van der Waals surface area contributed by atoms with Crippen LogP contribution in [0.2, 0.25) is 0 Å². The fourth-order valence-corrected chi connectivity index (χ4v) is 1.66. The van der Waals surface area contributed by atoms with E-state index in [1.165, 1.54) is 12.1 Å². The van der Waals surface area contributed by atoms with Crippen LogP contribution in [0, 0.1) is 0 Å². The van der Waals surface area contributed by atoms with Gasteiger partial charge in [-0.25, -0.2) is 5.04 Å². The van der Waals surface area contributed by atoms with Crippen LogP contribution in [0.25, 0.3) is 0 Å². The van der Waals surface area contributed by atoms with Gasteiger partial charge in [0.1, 0.15) is 0 Å². The normalized spacial score (nSPS) is 15.5. The van der Waals surface area contributed by atoms with Crippen molar-refractivity contribution < 1.29 is 18.8 Å². The van der Waals surface area contributed by atoms with E-state index in [9.17, 15) is 9.47 Å². The molecule has 1 aromatic rings. The smallest absolute Gasteiger partial charge is 0.384 e. The number of rotatable bonds is 3. The lowest BCUT2D eigenvalue weighted by molar-refractivity contribution is -0.778. The summed E-state index contributed by atoms with van der Waals surface area (Å²) >= 11 is 0. The Morgan fingerprint density at radius 2 is 1.92 bits per heavy atom. The third kappa shape index (κ3) is 2.26. The fraction of sp³-hybridized carbons (Fsp3) is 0. The molecule has 0 fully saturated rings. The van der Waals surface area contributed by atoms with E-state index < -0.39 is 9.43 Å². The van der Waals surface area contributed by atoms with E-state index in [2.05, 4.69) is 9.37 Å². The maximum Gasteiger partial charge on any atom is 0.384 e. The molecule has 0 aliphatic carbocycles. The van der Waals surface area contributed by atoms with Gasteiger partial charge in [0.05, 0.1) is 0 Å². The summed E-state index contributed by atoms with van der Waals surface area (Å²) < 4.78 is 15.1. The first kappa shape index (κ1) is 9.63. The minimum Gasteiger partial charge on any atom is -0.688 e. The second kappa shape index (κ2) is 3.97. The van der Waals surface area contributed by atoms with Crippen molar-refractivity contribution in [1.29, 1.82) is 0 Å². The molecule has 0 bridgehead atoms. The van der Waals surface area contributed by atoms with E-state index in [1.807, 2.05) is 0 Å². The summed E-state index contributed by atoms with van der Waals surface area (Å²) in [5, 5.41) is 12.5. The van der Waals surface area contributed by atoms with Crippen molar-refractivity contribution in [3.63, 3.8) is 0 Å². The van der Waals surface area contributed by atoms with Gasteiger partial charge in [-0.2, -0.15) is 0 Å². The largest absolute Gasteiger partial charge is 0.688 e. The molecule has 0 heterocycles. The number of benzene rings is 1. The van der Waals surface area contributed by atoms with Gasteiger partial charge in [0, 0.05) is 4.33 Å². The molecule has 1 unspecified atom stereocenters. The zero-order chi connectivity index (χ0) is 9.03. The van der Waals surface area contributed by atoms with E-state index in [-0.39, 0.29) is 4.90 Å². The van der Waals surface area contributed by atoms with Crippen LogP contribution < -0.4 is 5.26 Å². The summed E-state index contributed by atoms with van der Waals surface area (Å²) in [7, 11) is 2.02. The van der Waals surface area contributed by atoms with Gasteiger partial charge in [0.2, 0.25) is 15.6 Å². The van der Waals surface area contributed by atoms with Gasteiger partial charge in [-0.05, 0) is 16.3 Å². The molecule has 0 spiro atoms. The van der Waals surface area contributed by atoms with Gasteiger partial charge >= 0.3 is 9.43 Å². The molecule has 6 heteroatoms. The van der Waals surface area contributed by atoms with Gasteiger partial charge in [0.15, 0.2) is 0 Å². The molecule has 0 aliphatic heterocycles. The Kier molecular flexibility index (Phi) is 3.19. The molecule has 0 aromatic heterocycles. The molecule has 0 aliphatic rings. The molecule has 12 heavy (non-hydrogen) atoms. The van der Waals surface area contributed by atoms with Gasteiger partial charge in [-0.1, -0.05) is 18.2 Å². The minimum atomic E-state index is -3.32. The Hall–Kier alpha value is -0.460. The molecular formula is C6H5ClO4S. The van der Waals surface area contributed by atoms with Gasteiger partial charge in [-0.3, -0.25) is 0 Å².